The molecule has 2 rings (SSSR count). The van der Waals surface area contributed by atoms with E-state index in [1.165, 1.54) is 6.07 Å². The Balaban J connectivity index is 2.61. The van der Waals surface area contributed by atoms with Gasteiger partial charge in [0.2, 0.25) is 0 Å². The fraction of sp³-hybridized carbons (Fsp3) is 0.368. The lowest BCUT2D eigenvalue weighted by Gasteiger charge is -2.24. The largest absolute Gasteiger partial charge is 0.390 e. The highest BCUT2D eigenvalue weighted by atomic mass is 19.2. The third-order valence-corrected chi connectivity index (χ3v) is 4.24. The number of carbonyl (C=O) groups is 2. The number of halogens is 2. The van der Waals surface area contributed by atoms with Crippen LogP contribution in [0.1, 0.15) is 46.1 Å². The van der Waals surface area contributed by atoms with E-state index in [9.17, 15) is 23.5 Å². The first kappa shape index (κ1) is 18.2. The first-order valence-corrected chi connectivity index (χ1v) is 7.70. The van der Waals surface area contributed by atoms with Crippen LogP contribution in [-0.4, -0.2) is 22.3 Å². The van der Waals surface area contributed by atoms with Crippen molar-refractivity contribution < 1.29 is 23.5 Å². The Kier molecular flexibility index (Phi) is 4.85. The summed E-state index contributed by atoms with van der Waals surface area (Å²) >= 11 is 0. The van der Waals surface area contributed by atoms with Gasteiger partial charge in [-0.25, -0.2) is 8.78 Å². The number of allylic oxidation sites excluding steroid dienone is 4. The van der Waals surface area contributed by atoms with Gasteiger partial charge in [0.05, 0.1) is 5.60 Å². The van der Waals surface area contributed by atoms with Gasteiger partial charge in [-0.3, -0.25) is 9.59 Å². The summed E-state index contributed by atoms with van der Waals surface area (Å²) < 4.78 is 26.8. The van der Waals surface area contributed by atoms with Gasteiger partial charge in [-0.05, 0) is 58.2 Å². The maximum Gasteiger partial charge on any atom is 0.190 e. The second-order valence-electron chi connectivity index (χ2n) is 6.70. The standard InChI is InChI=1S/C19H20F2O3/c1-10-11(2)18(23)16(12-5-6-14(20)15(21)9-12)13(17(10)22)7-8-19(3,4)24/h5-6,9,24H,7-8H2,1-4H3. The Morgan fingerprint density at radius 1 is 1.00 bits per heavy atom. The van der Waals surface area contributed by atoms with Crippen molar-refractivity contribution >= 4 is 17.1 Å². The van der Waals surface area contributed by atoms with Gasteiger partial charge in [-0.15, -0.1) is 0 Å². The number of hydrogen-bond acceptors (Lipinski definition) is 3. The number of aliphatic hydroxyl groups is 1. The van der Waals surface area contributed by atoms with E-state index in [-0.39, 0.29) is 41.1 Å². The topological polar surface area (TPSA) is 54.4 Å². The summed E-state index contributed by atoms with van der Waals surface area (Å²) in [5.41, 5.74) is 0.121. The average Bonchev–Trinajstić information content (AvgIpc) is 2.49. The van der Waals surface area contributed by atoms with Crippen LogP contribution in [0.2, 0.25) is 0 Å². The smallest absolute Gasteiger partial charge is 0.190 e. The summed E-state index contributed by atoms with van der Waals surface area (Å²) in [5.74, 6) is -2.76. The minimum absolute atomic E-state index is 0.0891. The molecule has 0 fully saturated rings. The molecule has 0 saturated heterocycles. The van der Waals surface area contributed by atoms with Crippen LogP contribution in [-0.2, 0) is 9.59 Å². The third-order valence-electron chi connectivity index (χ3n) is 4.24. The SMILES string of the molecule is CC1=C(C)C(=O)C(c2ccc(F)c(F)c2)=C(CCC(C)(C)O)C1=O. The molecule has 0 heterocycles. The lowest BCUT2D eigenvalue weighted by atomic mass is 9.79. The Morgan fingerprint density at radius 2 is 1.58 bits per heavy atom. The predicted molar refractivity (Wildman–Crippen MR) is 87.2 cm³/mol. The van der Waals surface area contributed by atoms with Crippen molar-refractivity contribution in [2.45, 2.75) is 46.1 Å². The molecule has 0 unspecified atom stereocenters. The molecule has 0 radical (unpaired) electrons. The average molecular weight is 334 g/mol. The number of carbonyl (C=O) groups excluding carboxylic acids is 2. The Bertz CT molecular complexity index is 780. The molecule has 1 aliphatic carbocycles. The number of benzene rings is 1. The molecule has 24 heavy (non-hydrogen) atoms. The highest BCUT2D eigenvalue weighted by molar-refractivity contribution is 6.39. The van der Waals surface area contributed by atoms with E-state index < -0.39 is 17.2 Å². The number of Topliss-reactive ketones (excluding diaryl/α,β-unsaturated/α-hetero) is 2. The van der Waals surface area contributed by atoms with Crippen LogP contribution < -0.4 is 0 Å². The van der Waals surface area contributed by atoms with Crippen LogP contribution in [0.15, 0.2) is 34.9 Å². The normalized spacial score (nSPS) is 16.3. The Hall–Kier alpha value is -2.14. The lowest BCUT2D eigenvalue weighted by molar-refractivity contribution is -0.115. The van der Waals surface area contributed by atoms with Crippen molar-refractivity contribution in [1.29, 1.82) is 0 Å². The van der Waals surface area contributed by atoms with Crippen molar-refractivity contribution in [3.63, 3.8) is 0 Å². The van der Waals surface area contributed by atoms with Gasteiger partial charge in [0, 0.05) is 22.3 Å². The summed E-state index contributed by atoms with van der Waals surface area (Å²) in [6.07, 6.45) is 0.438. The lowest BCUT2D eigenvalue weighted by Crippen LogP contribution is -2.24. The predicted octanol–water partition coefficient (Wildman–Crippen LogP) is 3.76. The Morgan fingerprint density at radius 3 is 2.12 bits per heavy atom. The molecule has 0 spiro atoms. The van der Waals surface area contributed by atoms with Crippen LogP contribution in [0.4, 0.5) is 8.78 Å². The molecule has 3 nitrogen and oxygen atoms in total. The number of ketones is 2. The molecular weight excluding hydrogens is 314 g/mol. The first-order valence-electron chi connectivity index (χ1n) is 7.70. The molecule has 0 aromatic heterocycles. The summed E-state index contributed by atoms with van der Waals surface area (Å²) in [4.78, 5) is 25.3. The zero-order chi connectivity index (χ0) is 18.2. The molecule has 0 bridgehead atoms. The van der Waals surface area contributed by atoms with Crippen molar-refractivity contribution in [3.8, 4) is 0 Å². The van der Waals surface area contributed by atoms with E-state index in [0.29, 0.717) is 11.1 Å². The molecule has 1 aromatic carbocycles. The van der Waals surface area contributed by atoms with Gasteiger partial charge in [0.1, 0.15) is 0 Å². The minimum Gasteiger partial charge on any atom is -0.390 e. The van der Waals surface area contributed by atoms with Crippen molar-refractivity contribution in [2.24, 2.45) is 0 Å². The molecule has 1 N–H and O–H groups in total. The molecular formula is C19H20F2O3. The van der Waals surface area contributed by atoms with Crippen LogP contribution in [0.3, 0.4) is 0 Å². The minimum atomic E-state index is -1.08. The molecule has 0 amide bonds. The molecule has 1 aromatic rings. The van der Waals surface area contributed by atoms with E-state index >= 15 is 0 Å². The summed E-state index contributed by atoms with van der Waals surface area (Å²) in [7, 11) is 0. The van der Waals surface area contributed by atoms with Gasteiger partial charge in [0.15, 0.2) is 23.2 Å². The number of rotatable bonds is 4. The second kappa shape index (κ2) is 6.40. The van der Waals surface area contributed by atoms with Crippen molar-refractivity contribution in [2.75, 3.05) is 0 Å². The van der Waals surface area contributed by atoms with Gasteiger partial charge < -0.3 is 5.11 Å². The van der Waals surface area contributed by atoms with Crippen molar-refractivity contribution in [1.82, 2.24) is 0 Å². The van der Waals surface area contributed by atoms with E-state index in [4.69, 9.17) is 0 Å². The van der Waals surface area contributed by atoms with E-state index in [2.05, 4.69) is 0 Å². The van der Waals surface area contributed by atoms with E-state index in [0.717, 1.165) is 12.1 Å². The summed E-state index contributed by atoms with van der Waals surface area (Å²) in [6, 6.07) is 3.15. The highest BCUT2D eigenvalue weighted by Gasteiger charge is 2.32. The van der Waals surface area contributed by atoms with Crippen LogP contribution in [0.25, 0.3) is 5.57 Å². The number of hydrogen-bond donors (Lipinski definition) is 1. The fourth-order valence-corrected chi connectivity index (χ4v) is 2.63. The molecule has 5 heteroatoms. The zero-order valence-electron chi connectivity index (χ0n) is 14.2. The maximum absolute atomic E-state index is 13.6. The Labute approximate surface area is 139 Å². The van der Waals surface area contributed by atoms with Gasteiger partial charge >= 0.3 is 0 Å². The molecule has 0 aliphatic heterocycles. The summed E-state index contributed by atoms with van der Waals surface area (Å²) in [5, 5.41) is 9.92. The molecule has 0 atom stereocenters. The highest BCUT2D eigenvalue weighted by Crippen LogP contribution is 2.34. The molecule has 0 saturated carbocycles. The quantitative estimate of drug-likeness (QED) is 0.853. The van der Waals surface area contributed by atoms with Crippen LogP contribution in [0, 0.1) is 11.6 Å². The van der Waals surface area contributed by atoms with Crippen LogP contribution >= 0.6 is 0 Å². The van der Waals surface area contributed by atoms with Gasteiger partial charge in [-0.1, -0.05) is 6.07 Å². The zero-order valence-corrected chi connectivity index (χ0v) is 14.2. The van der Waals surface area contributed by atoms with Crippen molar-refractivity contribution in [3.05, 3.63) is 52.1 Å². The maximum atomic E-state index is 13.6. The van der Waals surface area contributed by atoms with E-state index in [1.54, 1.807) is 27.7 Å². The van der Waals surface area contributed by atoms with Gasteiger partial charge in [0.25, 0.3) is 0 Å². The third kappa shape index (κ3) is 3.51. The first-order chi connectivity index (χ1) is 11.0. The fourth-order valence-electron chi connectivity index (χ4n) is 2.63. The summed E-state index contributed by atoms with van der Waals surface area (Å²) in [6.45, 7) is 6.33. The van der Waals surface area contributed by atoms with Crippen LogP contribution in [0.5, 0.6) is 0 Å². The molecule has 1 aliphatic rings. The monoisotopic (exact) mass is 334 g/mol. The second-order valence-corrected chi connectivity index (χ2v) is 6.70. The van der Waals surface area contributed by atoms with E-state index in [1.807, 2.05) is 0 Å². The molecule has 128 valence electrons. The van der Waals surface area contributed by atoms with Gasteiger partial charge in [-0.2, -0.15) is 0 Å².